The Hall–Kier alpha value is -3.10. The number of ether oxygens (including phenoxy) is 2. The summed E-state index contributed by atoms with van der Waals surface area (Å²) in [6.45, 7) is 0.616. The molecule has 0 spiro atoms. The summed E-state index contributed by atoms with van der Waals surface area (Å²) in [5.74, 6) is 0.613. The number of thioether (sulfide) groups is 1. The number of benzene rings is 3. The van der Waals surface area contributed by atoms with Gasteiger partial charge in [0.05, 0.1) is 15.9 Å². The third-order valence-electron chi connectivity index (χ3n) is 4.74. The number of rotatable bonds is 8. The molecular formula is C25H19BrFNO4S. The second-order valence-corrected chi connectivity index (χ2v) is 8.95. The number of imide groups is 1. The van der Waals surface area contributed by atoms with Crippen LogP contribution >= 0.6 is 27.7 Å². The van der Waals surface area contributed by atoms with Crippen LogP contribution in [0.2, 0.25) is 0 Å². The van der Waals surface area contributed by atoms with Crippen LogP contribution in [-0.2, 0) is 11.4 Å². The van der Waals surface area contributed by atoms with Crippen molar-refractivity contribution in [2.45, 2.75) is 6.61 Å². The quantitative estimate of drug-likeness (QED) is 0.322. The van der Waals surface area contributed by atoms with E-state index in [0.29, 0.717) is 20.9 Å². The van der Waals surface area contributed by atoms with Crippen LogP contribution < -0.4 is 9.47 Å². The number of halogens is 2. The average molecular weight is 528 g/mol. The Kier molecular flexibility index (Phi) is 7.47. The highest BCUT2D eigenvalue weighted by molar-refractivity contribution is 9.10. The van der Waals surface area contributed by atoms with Gasteiger partial charge in [-0.15, -0.1) is 0 Å². The molecule has 33 heavy (non-hydrogen) atoms. The maximum Gasteiger partial charge on any atom is 0.293 e. The number of carbonyl (C=O) groups excluding carboxylic acids is 2. The third-order valence-corrected chi connectivity index (χ3v) is 6.26. The molecule has 0 radical (unpaired) electrons. The maximum absolute atomic E-state index is 13.3. The maximum atomic E-state index is 13.3. The van der Waals surface area contributed by atoms with Crippen LogP contribution in [0.1, 0.15) is 11.1 Å². The molecule has 0 saturated carbocycles. The van der Waals surface area contributed by atoms with Crippen molar-refractivity contribution in [2.24, 2.45) is 0 Å². The van der Waals surface area contributed by atoms with Gasteiger partial charge in [-0.1, -0.05) is 36.4 Å². The Morgan fingerprint density at radius 3 is 2.55 bits per heavy atom. The highest BCUT2D eigenvalue weighted by Crippen LogP contribution is 2.34. The monoisotopic (exact) mass is 527 g/mol. The predicted octanol–water partition coefficient (Wildman–Crippen LogP) is 6.28. The smallest absolute Gasteiger partial charge is 0.293 e. The normalized spacial score (nSPS) is 14.7. The first-order chi connectivity index (χ1) is 16.0. The van der Waals surface area contributed by atoms with Crippen molar-refractivity contribution < 1.29 is 23.5 Å². The van der Waals surface area contributed by atoms with Gasteiger partial charge in [-0.2, -0.15) is 0 Å². The van der Waals surface area contributed by atoms with Crippen LogP contribution in [0, 0.1) is 5.82 Å². The van der Waals surface area contributed by atoms with Crippen molar-refractivity contribution in [3.63, 3.8) is 0 Å². The summed E-state index contributed by atoms with van der Waals surface area (Å²) in [6.07, 6.45) is 1.67. The molecule has 3 aromatic rings. The number of hydrogen-bond donors (Lipinski definition) is 0. The first-order valence-corrected chi connectivity index (χ1v) is 11.7. The number of carbonyl (C=O) groups is 2. The molecule has 0 aliphatic carbocycles. The van der Waals surface area contributed by atoms with Crippen LogP contribution in [0.25, 0.3) is 6.08 Å². The minimum absolute atomic E-state index is 0.174. The van der Waals surface area contributed by atoms with Gasteiger partial charge in [0.25, 0.3) is 11.1 Å². The van der Waals surface area contributed by atoms with E-state index in [1.54, 1.807) is 36.4 Å². The third kappa shape index (κ3) is 6.03. The van der Waals surface area contributed by atoms with Crippen LogP contribution in [0.15, 0.2) is 82.2 Å². The molecule has 0 unspecified atom stereocenters. The van der Waals surface area contributed by atoms with E-state index < -0.39 is 0 Å². The van der Waals surface area contributed by atoms with E-state index in [9.17, 15) is 14.0 Å². The fourth-order valence-electron chi connectivity index (χ4n) is 3.13. The highest BCUT2D eigenvalue weighted by Gasteiger charge is 2.34. The molecule has 1 aliphatic rings. The lowest BCUT2D eigenvalue weighted by Crippen LogP contribution is -2.32. The van der Waals surface area contributed by atoms with Crippen LogP contribution in [0.3, 0.4) is 0 Å². The lowest BCUT2D eigenvalue weighted by molar-refractivity contribution is -0.123. The van der Waals surface area contributed by atoms with Gasteiger partial charge >= 0.3 is 0 Å². The summed E-state index contributed by atoms with van der Waals surface area (Å²) in [6, 6.07) is 20.8. The Morgan fingerprint density at radius 1 is 0.970 bits per heavy atom. The van der Waals surface area contributed by atoms with Gasteiger partial charge in [0.1, 0.15) is 30.5 Å². The second-order valence-electron chi connectivity index (χ2n) is 7.10. The molecule has 1 aliphatic heterocycles. The molecule has 0 atom stereocenters. The second kappa shape index (κ2) is 10.7. The molecule has 168 valence electrons. The summed E-state index contributed by atoms with van der Waals surface area (Å²) in [5.41, 5.74) is 1.46. The minimum Gasteiger partial charge on any atom is -0.492 e. The van der Waals surface area contributed by atoms with Gasteiger partial charge in [-0.25, -0.2) is 4.39 Å². The van der Waals surface area contributed by atoms with Crippen molar-refractivity contribution in [2.75, 3.05) is 13.2 Å². The van der Waals surface area contributed by atoms with E-state index in [2.05, 4.69) is 15.9 Å². The van der Waals surface area contributed by atoms with E-state index in [-0.39, 0.29) is 36.7 Å². The van der Waals surface area contributed by atoms with E-state index in [4.69, 9.17) is 9.47 Å². The number of nitrogens with zero attached hydrogens (tertiary/aromatic N) is 1. The van der Waals surface area contributed by atoms with Gasteiger partial charge in [0.2, 0.25) is 0 Å². The first kappa shape index (κ1) is 23.1. The lowest BCUT2D eigenvalue weighted by atomic mass is 10.2. The molecule has 3 aromatic carbocycles. The molecular weight excluding hydrogens is 509 g/mol. The zero-order valence-electron chi connectivity index (χ0n) is 17.4. The summed E-state index contributed by atoms with van der Waals surface area (Å²) >= 11 is 4.37. The van der Waals surface area contributed by atoms with E-state index in [0.717, 1.165) is 22.9 Å². The van der Waals surface area contributed by atoms with Gasteiger partial charge < -0.3 is 9.47 Å². The number of hydrogen-bond acceptors (Lipinski definition) is 5. The van der Waals surface area contributed by atoms with E-state index >= 15 is 0 Å². The standard InChI is InChI=1S/C25H19BrFNO4S/c26-21-14-17(9-10-22(21)32-16-18-5-4-6-19(27)13-18)15-23-24(29)28(25(30)33-23)11-12-31-20-7-2-1-3-8-20/h1-10,13-15H,11-12,16H2/b23-15-. The molecule has 8 heteroatoms. The fraction of sp³-hybridized carbons (Fsp3) is 0.120. The topological polar surface area (TPSA) is 55.8 Å². The largest absolute Gasteiger partial charge is 0.492 e. The minimum atomic E-state index is -0.343. The molecule has 5 nitrogen and oxygen atoms in total. The predicted molar refractivity (Wildman–Crippen MR) is 129 cm³/mol. The Morgan fingerprint density at radius 2 is 1.79 bits per heavy atom. The van der Waals surface area contributed by atoms with Gasteiger partial charge in [0, 0.05) is 0 Å². The molecule has 0 aromatic heterocycles. The van der Waals surface area contributed by atoms with Crippen LogP contribution in [0.4, 0.5) is 9.18 Å². The van der Waals surface area contributed by atoms with Crippen molar-refractivity contribution in [3.8, 4) is 11.5 Å². The van der Waals surface area contributed by atoms with Crippen molar-refractivity contribution >= 4 is 44.9 Å². The van der Waals surface area contributed by atoms with Crippen LogP contribution in [0.5, 0.6) is 11.5 Å². The highest BCUT2D eigenvalue weighted by atomic mass is 79.9. The summed E-state index contributed by atoms with van der Waals surface area (Å²) < 4.78 is 25.3. The van der Waals surface area contributed by atoms with E-state index in [1.165, 1.54) is 17.0 Å². The number of amides is 2. The van der Waals surface area contributed by atoms with Crippen molar-refractivity contribution in [1.82, 2.24) is 4.90 Å². The lowest BCUT2D eigenvalue weighted by Gasteiger charge is -2.13. The molecule has 0 bridgehead atoms. The molecule has 0 N–H and O–H groups in total. The Bertz CT molecular complexity index is 1200. The SMILES string of the molecule is O=C1S/C(=C\c2ccc(OCc3cccc(F)c3)c(Br)c2)C(=O)N1CCOc1ccccc1. The molecule has 2 amide bonds. The van der Waals surface area contributed by atoms with Crippen molar-refractivity contribution in [3.05, 3.63) is 99.1 Å². The molecule has 4 rings (SSSR count). The average Bonchev–Trinajstić information content (AvgIpc) is 3.06. The summed E-state index contributed by atoms with van der Waals surface area (Å²) in [7, 11) is 0. The Labute approximate surface area is 203 Å². The first-order valence-electron chi connectivity index (χ1n) is 10.1. The van der Waals surface area contributed by atoms with E-state index in [1.807, 2.05) is 30.3 Å². The number of para-hydroxylation sites is 1. The van der Waals surface area contributed by atoms with Crippen molar-refractivity contribution in [1.29, 1.82) is 0 Å². The van der Waals surface area contributed by atoms with Gasteiger partial charge in [0.15, 0.2) is 0 Å². The summed E-state index contributed by atoms with van der Waals surface area (Å²) in [5, 5.41) is -0.322. The van der Waals surface area contributed by atoms with Crippen LogP contribution in [-0.4, -0.2) is 29.2 Å². The van der Waals surface area contributed by atoms with Gasteiger partial charge in [-0.05, 0) is 81.3 Å². The molecule has 1 fully saturated rings. The Balaban J connectivity index is 1.37. The molecule has 1 saturated heterocycles. The molecule has 1 heterocycles. The van der Waals surface area contributed by atoms with Gasteiger partial charge in [-0.3, -0.25) is 14.5 Å². The summed E-state index contributed by atoms with van der Waals surface area (Å²) in [4.78, 5) is 26.5. The zero-order valence-corrected chi connectivity index (χ0v) is 19.8. The fourth-order valence-corrected chi connectivity index (χ4v) is 4.50. The zero-order chi connectivity index (χ0) is 23.2.